The first kappa shape index (κ1) is 13.3. The Morgan fingerprint density at radius 1 is 1.42 bits per heavy atom. The third kappa shape index (κ3) is 2.82. The lowest BCUT2D eigenvalue weighted by molar-refractivity contribution is 0.0934. The molecule has 0 aliphatic carbocycles. The summed E-state index contributed by atoms with van der Waals surface area (Å²) in [4.78, 5) is 16.4. The molecule has 0 fully saturated rings. The molecular weight excluding hydrogens is 240 g/mol. The summed E-state index contributed by atoms with van der Waals surface area (Å²) in [5, 5.41) is 3.79. The smallest absolute Gasteiger partial charge is 0.270 e. The molecule has 1 heterocycles. The maximum Gasteiger partial charge on any atom is 0.270 e. The molecule has 0 bridgehead atoms. The Balaban J connectivity index is 2.41. The number of nitrogens with zero attached hydrogens (tertiary/aromatic N) is 1. The summed E-state index contributed by atoms with van der Waals surface area (Å²) in [6.07, 6.45) is 0.876. The van der Waals surface area contributed by atoms with Crippen molar-refractivity contribution in [3.8, 4) is 0 Å². The summed E-state index contributed by atoms with van der Waals surface area (Å²) in [5.74, 6) is 5.32. The summed E-state index contributed by atoms with van der Waals surface area (Å²) in [6, 6.07) is 9.34. The van der Waals surface area contributed by atoms with E-state index in [4.69, 9.17) is 5.84 Å². The van der Waals surface area contributed by atoms with E-state index in [2.05, 4.69) is 15.7 Å². The average molecular weight is 258 g/mol. The van der Waals surface area contributed by atoms with Crippen LogP contribution in [-0.4, -0.2) is 16.9 Å². The minimum atomic E-state index is -0.184. The number of hydrazine groups is 1. The van der Waals surface area contributed by atoms with Crippen LogP contribution in [-0.2, 0) is 0 Å². The molecule has 0 aliphatic heterocycles. The van der Waals surface area contributed by atoms with Gasteiger partial charge in [0.1, 0.15) is 5.69 Å². The molecule has 100 valence electrons. The topological polar surface area (TPSA) is 80.0 Å². The number of fused-ring (bicyclic) bond motifs is 1. The average Bonchev–Trinajstić information content (AvgIpc) is 2.45. The number of anilines is 1. The van der Waals surface area contributed by atoms with E-state index < -0.39 is 0 Å². The van der Waals surface area contributed by atoms with Crippen LogP contribution in [0.25, 0.3) is 10.9 Å². The van der Waals surface area contributed by atoms with E-state index in [0.717, 1.165) is 17.3 Å². The van der Waals surface area contributed by atoms with Crippen LogP contribution in [0, 0.1) is 0 Å². The second-order valence-electron chi connectivity index (χ2n) is 4.50. The van der Waals surface area contributed by atoms with Gasteiger partial charge in [-0.3, -0.25) is 10.6 Å². The SMILES string of the molecule is CCC(C)NC(=O)c1cc(NN)c2ccccc2n1. The number of hydrogen-bond acceptors (Lipinski definition) is 4. The number of carbonyl (C=O) groups excluding carboxylic acids is 1. The highest BCUT2D eigenvalue weighted by atomic mass is 16.1. The van der Waals surface area contributed by atoms with Crippen molar-refractivity contribution in [1.29, 1.82) is 0 Å². The van der Waals surface area contributed by atoms with Gasteiger partial charge >= 0.3 is 0 Å². The van der Waals surface area contributed by atoms with Gasteiger partial charge in [0.25, 0.3) is 5.91 Å². The van der Waals surface area contributed by atoms with Gasteiger partial charge in [-0.15, -0.1) is 0 Å². The van der Waals surface area contributed by atoms with Gasteiger partial charge in [0.15, 0.2) is 0 Å². The van der Waals surface area contributed by atoms with Gasteiger partial charge in [0, 0.05) is 11.4 Å². The normalized spacial score (nSPS) is 12.2. The molecule has 4 N–H and O–H groups in total. The molecule has 19 heavy (non-hydrogen) atoms. The zero-order valence-electron chi connectivity index (χ0n) is 11.1. The maximum atomic E-state index is 12.1. The Hall–Kier alpha value is -2.14. The second kappa shape index (κ2) is 5.67. The Labute approximate surface area is 112 Å². The minimum Gasteiger partial charge on any atom is -0.348 e. The fraction of sp³-hybridized carbons (Fsp3) is 0.286. The molecule has 0 radical (unpaired) electrons. The number of para-hydroxylation sites is 1. The lowest BCUT2D eigenvalue weighted by Crippen LogP contribution is -2.32. The van der Waals surface area contributed by atoms with Gasteiger partial charge in [0.2, 0.25) is 0 Å². The monoisotopic (exact) mass is 258 g/mol. The molecule has 0 saturated carbocycles. The van der Waals surface area contributed by atoms with Crippen LogP contribution in [0.2, 0.25) is 0 Å². The van der Waals surface area contributed by atoms with Crippen LogP contribution < -0.4 is 16.6 Å². The Morgan fingerprint density at radius 3 is 2.84 bits per heavy atom. The zero-order chi connectivity index (χ0) is 13.8. The summed E-state index contributed by atoms with van der Waals surface area (Å²) in [7, 11) is 0. The molecule has 5 heteroatoms. The van der Waals surface area contributed by atoms with Crippen molar-refractivity contribution in [3.63, 3.8) is 0 Å². The highest BCUT2D eigenvalue weighted by Gasteiger charge is 2.13. The van der Waals surface area contributed by atoms with E-state index in [1.54, 1.807) is 6.07 Å². The van der Waals surface area contributed by atoms with Crippen LogP contribution in [0.3, 0.4) is 0 Å². The van der Waals surface area contributed by atoms with E-state index in [1.807, 2.05) is 38.1 Å². The highest BCUT2D eigenvalue weighted by Crippen LogP contribution is 2.22. The number of hydrogen-bond donors (Lipinski definition) is 3. The van der Waals surface area contributed by atoms with E-state index in [9.17, 15) is 4.79 Å². The summed E-state index contributed by atoms with van der Waals surface area (Å²) in [5.41, 5.74) is 4.42. The first-order valence-corrected chi connectivity index (χ1v) is 6.33. The van der Waals surface area contributed by atoms with Crippen molar-refractivity contribution in [2.24, 2.45) is 5.84 Å². The molecule has 1 unspecified atom stereocenters. The minimum absolute atomic E-state index is 0.120. The van der Waals surface area contributed by atoms with Gasteiger partial charge in [-0.05, 0) is 25.5 Å². The summed E-state index contributed by atoms with van der Waals surface area (Å²) in [6.45, 7) is 3.98. The van der Waals surface area contributed by atoms with Crippen LogP contribution >= 0.6 is 0 Å². The van der Waals surface area contributed by atoms with Crippen molar-refractivity contribution in [2.75, 3.05) is 5.43 Å². The molecule has 1 amide bonds. The van der Waals surface area contributed by atoms with Crippen molar-refractivity contribution >= 4 is 22.5 Å². The lowest BCUT2D eigenvalue weighted by atomic mass is 10.1. The number of nitrogen functional groups attached to an aromatic ring is 1. The lowest BCUT2D eigenvalue weighted by Gasteiger charge is -2.12. The van der Waals surface area contributed by atoms with Gasteiger partial charge < -0.3 is 10.7 Å². The predicted octanol–water partition coefficient (Wildman–Crippen LogP) is 2.05. The van der Waals surface area contributed by atoms with Gasteiger partial charge in [0.05, 0.1) is 11.2 Å². The second-order valence-corrected chi connectivity index (χ2v) is 4.50. The standard InChI is InChI=1S/C14H18N4O/c1-3-9(2)16-14(19)13-8-12(18-15)10-6-4-5-7-11(10)17-13/h4-9H,3,15H2,1-2H3,(H,16,19)(H,17,18). The number of pyridine rings is 1. The third-order valence-electron chi connectivity index (χ3n) is 3.09. The third-order valence-corrected chi connectivity index (χ3v) is 3.09. The Bertz CT molecular complexity index is 597. The first-order chi connectivity index (χ1) is 9.15. The van der Waals surface area contributed by atoms with E-state index in [1.165, 1.54) is 0 Å². The van der Waals surface area contributed by atoms with Crippen molar-refractivity contribution in [2.45, 2.75) is 26.3 Å². The zero-order valence-corrected chi connectivity index (χ0v) is 11.1. The van der Waals surface area contributed by atoms with Crippen LogP contribution in [0.15, 0.2) is 30.3 Å². The maximum absolute atomic E-state index is 12.1. The molecule has 1 aromatic heterocycles. The van der Waals surface area contributed by atoms with Crippen LogP contribution in [0.4, 0.5) is 5.69 Å². The number of nitrogens with two attached hydrogens (primary N) is 1. The number of amides is 1. The van der Waals surface area contributed by atoms with Crippen molar-refractivity contribution in [1.82, 2.24) is 10.3 Å². The fourth-order valence-electron chi connectivity index (χ4n) is 1.81. The van der Waals surface area contributed by atoms with Gasteiger partial charge in [-0.1, -0.05) is 25.1 Å². The predicted molar refractivity (Wildman–Crippen MR) is 76.8 cm³/mol. The number of benzene rings is 1. The molecule has 1 atom stereocenters. The van der Waals surface area contributed by atoms with Gasteiger partial charge in [-0.2, -0.15) is 0 Å². The molecule has 2 aromatic rings. The molecule has 1 aromatic carbocycles. The number of aromatic nitrogens is 1. The van der Waals surface area contributed by atoms with E-state index in [-0.39, 0.29) is 11.9 Å². The molecule has 0 spiro atoms. The largest absolute Gasteiger partial charge is 0.348 e. The molecule has 5 nitrogen and oxygen atoms in total. The molecule has 0 saturated heterocycles. The number of rotatable bonds is 4. The van der Waals surface area contributed by atoms with E-state index in [0.29, 0.717) is 11.4 Å². The van der Waals surface area contributed by atoms with E-state index >= 15 is 0 Å². The molecule has 2 rings (SSSR count). The number of carbonyl (C=O) groups is 1. The summed E-state index contributed by atoms with van der Waals surface area (Å²) < 4.78 is 0. The first-order valence-electron chi connectivity index (χ1n) is 6.33. The fourth-order valence-corrected chi connectivity index (χ4v) is 1.81. The quantitative estimate of drug-likeness (QED) is 0.579. The highest BCUT2D eigenvalue weighted by molar-refractivity contribution is 5.99. The van der Waals surface area contributed by atoms with Gasteiger partial charge in [-0.25, -0.2) is 4.98 Å². The van der Waals surface area contributed by atoms with Crippen molar-refractivity contribution in [3.05, 3.63) is 36.0 Å². The number of nitrogens with one attached hydrogen (secondary N) is 2. The van der Waals surface area contributed by atoms with Crippen LogP contribution in [0.5, 0.6) is 0 Å². The Kier molecular flexibility index (Phi) is 3.97. The van der Waals surface area contributed by atoms with Crippen molar-refractivity contribution < 1.29 is 4.79 Å². The Morgan fingerprint density at radius 2 is 2.16 bits per heavy atom. The molecule has 0 aliphatic rings. The summed E-state index contributed by atoms with van der Waals surface area (Å²) >= 11 is 0. The van der Waals surface area contributed by atoms with Crippen LogP contribution in [0.1, 0.15) is 30.8 Å². The molecular formula is C14H18N4O.